The topological polar surface area (TPSA) is 12.0 Å². The Hall–Kier alpha value is -1.60. The molecule has 0 spiro atoms. The molecular weight excluding hydrogens is 254 g/mol. The van der Waals surface area contributed by atoms with Crippen LogP contribution < -0.4 is 5.32 Å². The maximum absolute atomic E-state index is 3.64. The molecule has 1 nitrogen and oxygen atoms in total. The highest BCUT2D eigenvalue weighted by atomic mass is 14.9. The van der Waals surface area contributed by atoms with Crippen LogP contribution in [-0.2, 0) is 0 Å². The molecule has 0 aliphatic carbocycles. The lowest BCUT2D eigenvalue weighted by Gasteiger charge is -2.18. The van der Waals surface area contributed by atoms with Gasteiger partial charge in [-0.25, -0.2) is 0 Å². The molecule has 1 heteroatoms. The maximum Gasteiger partial charge on any atom is 0.0317 e. The molecule has 0 saturated carbocycles. The fourth-order valence-electron chi connectivity index (χ4n) is 2.89. The van der Waals surface area contributed by atoms with Gasteiger partial charge in [0.2, 0.25) is 0 Å². The first-order valence-electron chi connectivity index (χ1n) is 8.06. The second-order valence-electron chi connectivity index (χ2n) is 5.92. The van der Waals surface area contributed by atoms with Crippen LogP contribution in [0.15, 0.2) is 42.5 Å². The lowest BCUT2D eigenvalue weighted by Crippen LogP contribution is -2.21. The summed E-state index contributed by atoms with van der Waals surface area (Å²) in [5.74, 6) is 0. The van der Waals surface area contributed by atoms with Crippen molar-refractivity contribution in [3.63, 3.8) is 0 Å². The second kappa shape index (κ2) is 7.42. The van der Waals surface area contributed by atoms with Gasteiger partial charge in [0.1, 0.15) is 0 Å². The molecule has 21 heavy (non-hydrogen) atoms. The van der Waals surface area contributed by atoms with E-state index >= 15 is 0 Å². The number of hydrogen-bond donors (Lipinski definition) is 1. The molecule has 0 radical (unpaired) electrons. The van der Waals surface area contributed by atoms with E-state index in [2.05, 4.69) is 75.5 Å². The molecule has 2 rings (SSSR count). The van der Waals surface area contributed by atoms with Crippen LogP contribution in [0.2, 0.25) is 0 Å². The Kier molecular flexibility index (Phi) is 5.58. The van der Waals surface area contributed by atoms with E-state index in [4.69, 9.17) is 0 Å². The Bertz CT molecular complexity index is 566. The molecule has 0 heterocycles. The summed E-state index contributed by atoms with van der Waals surface area (Å²) in [7, 11) is 0. The molecule has 0 amide bonds. The van der Waals surface area contributed by atoms with Crippen molar-refractivity contribution >= 4 is 0 Å². The molecular formula is C20H27N. The van der Waals surface area contributed by atoms with Crippen molar-refractivity contribution in [1.29, 1.82) is 0 Å². The summed E-state index contributed by atoms with van der Waals surface area (Å²) in [6.45, 7) is 9.87. The van der Waals surface area contributed by atoms with E-state index in [0.717, 1.165) is 13.0 Å². The summed E-state index contributed by atoms with van der Waals surface area (Å²) in [4.78, 5) is 0. The zero-order valence-electron chi connectivity index (χ0n) is 13.7. The predicted molar refractivity (Wildman–Crippen MR) is 92.7 cm³/mol. The van der Waals surface area contributed by atoms with Gasteiger partial charge in [-0.2, -0.15) is 0 Å². The average Bonchev–Trinajstić information content (AvgIpc) is 2.47. The highest BCUT2D eigenvalue weighted by molar-refractivity contribution is 5.66. The minimum absolute atomic E-state index is 0.454. The van der Waals surface area contributed by atoms with Crippen molar-refractivity contribution in [2.75, 3.05) is 6.54 Å². The summed E-state index contributed by atoms with van der Waals surface area (Å²) in [6, 6.07) is 16.2. The minimum Gasteiger partial charge on any atom is -0.310 e. The fourth-order valence-corrected chi connectivity index (χ4v) is 2.89. The molecule has 0 saturated heterocycles. The lowest BCUT2D eigenvalue weighted by molar-refractivity contribution is 0.518. The molecule has 112 valence electrons. The van der Waals surface area contributed by atoms with Crippen LogP contribution in [0.3, 0.4) is 0 Å². The van der Waals surface area contributed by atoms with Crippen LogP contribution in [0.1, 0.15) is 49.4 Å². The molecule has 0 aliphatic heterocycles. The Morgan fingerprint density at radius 2 is 1.62 bits per heavy atom. The van der Waals surface area contributed by atoms with E-state index < -0.39 is 0 Å². The Morgan fingerprint density at radius 3 is 2.24 bits per heavy atom. The third-order valence-corrected chi connectivity index (χ3v) is 3.89. The third-order valence-electron chi connectivity index (χ3n) is 3.89. The lowest BCUT2D eigenvalue weighted by atomic mass is 9.96. The first-order chi connectivity index (χ1) is 10.1. The molecule has 0 bridgehead atoms. The Morgan fingerprint density at radius 1 is 0.905 bits per heavy atom. The predicted octanol–water partition coefficient (Wildman–Crippen LogP) is 5.42. The van der Waals surface area contributed by atoms with Gasteiger partial charge < -0.3 is 5.32 Å². The van der Waals surface area contributed by atoms with Crippen molar-refractivity contribution in [3.05, 3.63) is 59.2 Å². The van der Waals surface area contributed by atoms with Gasteiger partial charge in [-0.1, -0.05) is 61.4 Å². The summed E-state index contributed by atoms with van der Waals surface area (Å²) in [5.41, 5.74) is 6.68. The average molecular weight is 281 g/mol. The maximum atomic E-state index is 3.64. The number of rotatable bonds is 6. The molecule has 1 unspecified atom stereocenters. The summed E-state index contributed by atoms with van der Waals surface area (Å²) in [6.07, 6.45) is 2.30. The van der Waals surface area contributed by atoms with Crippen molar-refractivity contribution in [2.45, 2.75) is 46.6 Å². The van der Waals surface area contributed by atoms with E-state index in [1.807, 2.05) is 0 Å². The highest BCUT2D eigenvalue weighted by Crippen LogP contribution is 2.26. The SMILES string of the molecule is CCCNC(CC)c1cccc(-c2cc(C)cc(C)c2)c1. The summed E-state index contributed by atoms with van der Waals surface area (Å²) < 4.78 is 0. The van der Waals surface area contributed by atoms with Crippen molar-refractivity contribution in [3.8, 4) is 11.1 Å². The van der Waals surface area contributed by atoms with E-state index in [-0.39, 0.29) is 0 Å². The van der Waals surface area contributed by atoms with Gasteiger partial charge >= 0.3 is 0 Å². The zero-order valence-corrected chi connectivity index (χ0v) is 13.7. The van der Waals surface area contributed by atoms with Crippen LogP contribution in [0, 0.1) is 13.8 Å². The van der Waals surface area contributed by atoms with Crippen molar-refractivity contribution in [1.82, 2.24) is 5.32 Å². The van der Waals surface area contributed by atoms with Gasteiger partial charge in [-0.05, 0) is 56.0 Å². The van der Waals surface area contributed by atoms with E-state index in [0.29, 0.717) is 6.04 Å². The van der Waals surface area contributed by atoms with Gasteiger partial charge in [0, 0.05) is 6.04 Å². The van der Waals surface area contributed by atoms with Crippen LogP contribution in [0.4, 0.5) is 0 Å². The van der Waals surface area contributed by atoms with Gasteiger partial charge in [-0.3, -0.25) is 0 Å². The number of hydrogen-bond acceptors (Lipinski definition) is 1. The van der Waals surface area contributed by atoms with Gasteiger partial charge in [-0.15, -0.1) is 0 Å². The first-order valence-corrected chi connectivity index (χ1v) is 8.06. The second-order valence-corrected chi connectivity index (χ2v) is 5.92. The smallest absolute Gasteiger partial charge is 0.0317 e. The molecule has 1 N–H and O–H groups in total. The van der Waals surface area contributed by atoms with Crippen LogP contribution >= 0.6 is 0 Å². The standard InChI is InChI=1S/C20H27N/c1-5-10-21-20(6-2)18-9-7-8-17(14-18)19-12-15(3)11-16(4)13-19/h7-9,11-14,20-21H,5-6,10H2,1-4H3. The molecule has 1 atom stereocenters. The first kappa shape index (κ1) is 15.8. The van der Waals surface area contributed by atoms with Crippen molar-refractivity contribution in [2.24, 2.45) is 0 Å². The van der Waals surface area contributed by atoms with Crippen LogP contribution in [0.25, 0.3) is 11.1 Å². The highest BCUT2D eigenvalue weighted by Gasteiger charge is 2.09. The zero-order chi connectivity index (χ0) is 15.2. The largest absolute Gasteiger partial charge is 0.310 e. The van der Waals surface area contributed by atoms with Crippen LogP contribution in [-0.4, -0.2) is 6.54 Å². The molecule has 2 aromatic carbocycles. The Labute approximate surface area is 129 Å². The van der Waals surface area contributed by atoms with E-state index in [9.17, 15) is 0 Å². The van der Waals surface area contributed by atoms with Crippen LogP contribution in [0.5, 0.6) is 0 Å². The number of aryl methyl sites for hydroxylation is 2. The quantitative estimate of drug-likeness (QED) is 0.745. The molecule has 0 aromatic heterocycles. The van der Waals surface area contributed by atoms with E-state index in [1.54, 1.807) is 0 Å². The normalized spacial score (nSPS) is 12.4. The minimum atomic E-state index is 0.454. The summed E-state index contributed by atoms with van der Waals surface area (Å²) >= 11 is 0. The molecule has 2 aromatic rings. The van der Waals surface area contributed by atoms with Gasteiger partial charge in [0.15, 0.2) is 0 Å². The Balaban J connectivity index is 2.32. The van der Waals surface area contributed by atoms with Gasteiger partial charge in [0.25, 0.3) is 0 Å². The van der Waals surface area contributed by atoms with Crippen molar-refractivity contribution < 1.29 is 0 Å². The fraction of sp³-hybridized carbons (Fsp3) is 0.400. The third kappa shape index (κ3) is 4.18. The number of nitrogens with one attached hydrogen (secondary N) is 1. The summed E-state index contributed by atoms with van der Waals surface area (Å²) in [5, 5.41) is 3.64. The van der Waals surface area contributed by atoms with E-state index in [1.165, 1.54) is 34.2 Å². The molecule has 0 aliphatic rings. The number of benzene rings is 2. The van der Waals surface area contributed by atoms with Gasteiger partial charge in [0.05, 0.1) is 0 Å². The monoisotopic (exact) mass is 281 g/mol. The molecule has 0 fully saturated rings.